The number of nitrogens with zero attached hydrogens (tertiary/aromatic N) is 4. The van der Waals surface area contributed by atoms with E-state index in [1.54, 1.807) is 17.9 Å². The Labute approximate surface area is 104 Å². The number of hydrogen-bond acceptors (Lipinski definition) is 5. The second kappa shape index (κ2) is 5.44. The molecule has 96 valence electrons. The monoisotopic (exact) mass is 251 g/mol. The predicted octanol–water partition coefficient (Wildman–Crippen LogP) is 1.96. The van der Waals surface area contributed by atoms with Crippen LogP contribution in [0.15, 0.2) is 18.6 Å². The van der Waals surface area contributed by atoms with Crippen LogP contribution in [0.4, 0.5) is 10.3 Å². The molecule has 0 saturated heterocycles. The number of ether oxygens (including phenoxy) is 1. The molecule has 7 heteroatoms. The molecule has 0 aliphatic carbocycles. The van der Waals surface area contributed by atoms with E-state index in [0.717, 1.165) is 19.2 Å². The lowest BCUT2D eigenvalue weighted by atomic mass is 10.5. The lowest BCUT2D eigenvalue weighted by Gasteiger charge is -2.06. The lowest BCUT2D eigenvalue weighted by molar-refractivity contribution is 0.420. The molecule has 0 aliphatic heterocycles. The molecule has 0 atom stereocenters. The smallest absolute Gasteiger partial charge is 0.260 e. The molecule has 0 saturated carbocycles. The molecule has 0 spiro atoms. The van der Waals surface area contributed by atoms with Crippen LogP contribution in [0.25, 0.3) is 0 Å². The van der Waals surface area contributed by atoms with E-state index >= 15 is 0 Å². The van der Waals surface area contributed by atoms with E-state index in [2.05, 4.69) is 20.4 Å². The largest absolute Gasteiger partial charge is 0.433 e. The van der Waals surface area contributed by atoms with Crippen LogP contribution in [-0.4, -0.2) is 26.3 Å². The number of rotatable bonds is 5. The quantitative estimate of drug-likeness (QED) is 0.880. The van der Waals surface area contributed by atoms with Crippen LogP contribution in [0.5, 0.6) is 11.6 Å². The molecule has 2 aromatic rings. The van der Waals surface area contributed by atoms with Crippen molar-refractivity contribution >= 4 is 5.95 Å². The van der Waals surface area contributed by atoms with Crippen molar-refractivity contribution in [1.29, 1.82) is 0 Å². The summed E-state index contributed by atoms with van der Waals surface area (Å²) in [5.41, 5.74) is 0. The molecule has 0 radical (unpaired) electrons. The minimum atomic E-state index is -0.610. The summed E-state index contributed by atoms with van der Waals surface area (Å²) < 4.78 is 20.3. The average Bonchev–Trinajstić information content (AvgIpc) is 2.76. The Bertz CT molecular complexity index is 528. The first-order valence-corrected chi connectivity index (χ1v) is 5.62. The Kier molecular flexibility index (Phi) is 3.71. The van der Waals surface area contributed by atoms with Gasteiger partial charge in [-0.15, -0.1) is 0 Å². The van der Waals surface area contributed by atoms with Gasteiger partial charge in [0.2, 0.25) is 11.8 Å². The van der Waals surface area contributed by atoms with Gasteiger partial charge in [0.25, 0.3) is 5.88 Å². The Balaban J connectivity index is 2.15. The van der Waals surface area contributed by atoms with Crippen LogP contribution < -0.4 is 10.1 Å². The van der Waals surface area contributed by atoms with Gasteiger partial charge in [0, 0.05) is 13.6 Å². The zero-order chi connectivity index (χ0) is 13.0. The molecule has 0 aromatic carbocycles. The summed E-state index contributed by atoms with van der Waals surface area (Å²) in [5, 5.41) is 6.89. The molecule has 0 amide bonds. The minimum Gasteiger partial charge on any atom is -0.433 e. The van der Waals surface area contributed by atoms with E-state index in [-0.39, 0.29) is 5.88 Å². The van der Waals surface area contributed by atoms with E-state index in [0.29, 0.717) is 11.7 Å². The fourth-order valence-corrected chi connectivity index (χ4v) is 1.31. The summed E-state index contributed by atoms with van der Waals surface area (Å²) in [6, 6.07) is 0. The van der Waals surface area contributed by atoms with Gasteiger partial charge in [-0.1, -0.05) is 6.92 Å². The number of anilines is 1. The first-order valence-electron chi connectivity index (χ1n) is 5.62. The van der Waals surface area contributed by atoms with Gasteiger partial charge >= 0.3 is 0 Å². The molecule has 0 aliphatic rings. The zero-order valence-electron chi connectivity index (χ0n) is 10.2. The number of hydrogen-bond donors (Lipinski definition) is 1. The van der Waals surface area contributed by atoms with Crippen LogP contribution in [0.3, 0.4) is 0 Å². The molecule has 6 nitrogen and oxygen atoms in total. The van der Waals surface area contributed by atoms with Crippen molar-refractivity contribution in [2.24, 2.45) is 7.05 Å². The summed E-state index contributed by atoms with van der Waals surface area (Å²) >= 11 is 0. The van der Waals surface area contributed by atoms with Crippen LogP contribution in [0.2, 0.25) is 0 Å². The highest BCUT2D eigenvalue weighted by Gasteiger charge is 2.10. The Hall–Kier alpha value is -2.18. The average molecular weight is 251 g/mol. The lowest BCUT2D eigenvalue weighted by Crippen LogP contribution is -2.05. The van der Waals surface area contributed by atoms with Crippen LogP contribution in [0.1, 0.15) is 13.3 Å². The van der Waals surface area contributed by atoms with E-state index in [1.807, 2.05) is 6.92 Å². The Morgan fingerprint density at radius 1 is 1.44 bits per heavy atom. The van der Waals surface area contributed by atoms with Crippen molar-refractivity contribution in [3.05, 3.63) is 24.4 Å². The Morgan fingerprint density at radius 2 is 2.28 bits per heavy atom. The van der Waals surface area contributed by atoms with E-state index in [9.17, 15) is 4.39 Å². The maximum Gasteiger partial charge on any atom is 0.260 e. The zero-order valence-corrected chi connectivity index (χ0v) is 10.2. The van der Waals surface area contributed by atoms with Crippen molar-refractivity contribution in [2.45, 2.75) is 13.3 Å². The van der Waals surface area contributed by atoms with Gasteiger partial charge in [-0.05, 0) is 6.42 Å². The second-order valence-electron chi connectivity index (χ2n) is 3.73. The summed E-state index contributed by atoms with van der Waals surface area (Å²) in [6.45, 7) is 2.74. The predicted molar refractivity (Wildman–Crippen MR) is 64.1 cm³/mol. The highest BCUT2D eigenvalue weighted by atomic mass is 19.1. The number of aromatic nitrogens is 4. The first-order chi connectivity index (χ1) is 8.69. The molecule has 1 N–H and O–H groups in total. The van der Waals surface area contributed by atoms with Gasteiger partial charge in [-0.2, -0.15) is 14.5 Å². The Morgan fingerprint density at radius 3 is 2.94 bits per heavy atom. The SMILES string of the molecule is CCCNc1ncc(F)c(Oc2cnn(C)c2)n1. The summed E-state index contributed by atoms with van der Waals surface area (Å²) in [7, 11) is 1.75. The first kappa shape index (κ1) is 12.3. The number of aryl methyl sites for hydroxylation is 1. The van der Waals surface area contributed by atoms with Gasteiger partial charge in [-0.25, -0.2) is 4.98 Å². The van der Waals surface area contributed by atoms with Crippen molar-refractivity contribution in [1.82, 2.24) is 19.7 Å². The van der Waals surface area contributed by atoms with Crippen molar-refractivity contribution in [3.8, 4) is 11.6 Å². The van der Waals surface area contributed by atoms with Crippen molar-refractivity contribution < 1.29 is 9.13 Å². The maximum absolute atomic E-state index is 13.5. The third-order valence-electron chi connectivity index (χ3n) is 2.14. The standard InChI is InChI=1S/C11H14FN5O/c1-3-4-13-11-14-6-9(12)10(16-11)18-8-5-15-17(2)7-8/h5-7H,3-4H2,1-2H3,(H,13,14,16). The topological polar surface area (TPSA) is 64.9 Å². The summed E-state index contributed by atoms with van der Waals surface area (Å²) in [6.07, 6.45) is 5.12. The molecule has 2 rings (SSSR count). The number of halogens is 1. The normalized spacial score (nSPS) is 10.4. The van der Waals surface area contributed by atoms with Crippen molar-refractivity contribution in [2.75, 3.05) is 11.9 Å². The molecular formula is C11H14FN5O. The van der Waals surface area contributed by atoms with Crippen LogP contribution >= 0.6 is 0 Å². The molecule has 0 fully saturated rings. The minimum absolute atomic E-state index is 0.114. The molecular weight excluding hydrogens is 237 g/mol. The molecule has 2 aromatic heterocycles. The second-order valence-corrected chi connectivity index (χ2v) is 3.73. The molecule has 0 bridgehead atoms. The summed E-state index contributed by atoms with van der Waals surface area (Å²) in [5.74, 6) is 0.0474. The van der Waals surface area contributed by atoms with Gasteiger partial charge in [0.05, 0.1) is 18.6 Å². The summed E-state index contributed by atoms with van der Waals surface area (Å²) in [4.78, 5) is 7.78. The van der Waals surface area contributed by atoms with Gasteiger partial charge in [0.15, 0.2) is 5.75 Å². The maximum atomic E-state index is 13.5. The van der Waals surface area contributed by atoms with Crippen molar-refractivity contribution in [3.63, 3.8) is 0 Å². The highest BCUT2D eigenvalue weighted by molar-refractivity contribution is 5.30. The fourth-order valence-electron chi connectivity index (χ4n) is 1.31. The number of nitrogens with one attached hydrogen (secondary N) is 1. The highest BCUT2D eigenvalue weighted by Crippen LogP contribution is 2.21. The third-order valence-corrected chi connectivity index (χ3v) is 2.14. The van der Waals surface area contributed by atoms with Gasteiger partial charge < -0.3 is 10.1 Å². The van der Waals surface area contributed by atoms with Crippen LogP contribution in [0, 0.1) is 5.82 Å². The van der Waals surface area contributed by atoms with Crippen LogP contribution in [-0.2, 0) is 7.05 Å². The van der Waals surface area contributed by atoms with Gasteiger partial charge in [0.1, 0.15) is 0 Å². The van der Waals surface area contributed by atoms with E-state index in [1.165, 1.54) is 6.20 Å². The third kappa shape index (κ3) is 2.93. The van der Waals surface area contributed by atoms with Gasteiger partial charge in [-0.3, -0.25) is 4.68 Å². The fraction of sp³-hybridized carbons (Fsp3) is 0.364. The molecule has 2 heterocycles. The van der Waals surface area contributed by atoms with E-state index in [4.69, 9.17) is 4.74 Å². The van der Waals surface area contributed by atoms with E-state index < -0.39 is 5.82 Å². The molecule has 0 unspecified atom stereocenters. The molecule has 18 heavy (non-hydrogen) atoms.